The lowest BCUT2D eigenvalue weighted by atomic mass is 9.77. The molecule has 0 saturated heterocycles. The Labute approximate surface area is 250 Å². The number of nitrogens with one attached hydrogen (secondary N) is 2. The second-order valence-corrected chi connectivity index (χ2v) is 11.6. The quantitative estimate of drug-likeness (QED) is 0.133. The number of aromatic nitrogens is 1. The van der Waals surface area contributed by atoms with Crippen LogP contribution in [0.5, 0.6) is 5.75 Å². The van der Waals surface area contributed by atoms with Crippen molar-refractivity contribution in [3.8, 4) is 5.75 Å². The predicted octanol–water partition coefficient (Wildman–Crippen LogP) is 8.50. The number of amides is 2. The van der Waals surface area contributed by atoms with Crippen LogP contribution in [-0.4, -0.2) is 22.3 Å². The van der Waals surface area contributed by atoms with Crippen LogP contribution in [0.3, 0.4) is 0 Å². The number of anilines is 1. The van der Waals surface area contributed by atoms with Gasteiger partial charge in [0.15, 0.2) is 11.3 Å². The molecule has 3 rings (SSSR count). The van der Waals surface area contributed by atoms with Gasteiger partial charge in [0, 0.05) is 18.7 Å². The molecule has 5 atom stereocenters. The summed E-state index contributed by atoms with van der Waals surface area (Å²) in [6, 6.07) is 9.68. The molecule has 0 saturated carbocycles. The normalized spacial score (nSPS) is 15.8. The summed E-state index contributed by atoms with van der Waals surface area (Å²) < 4.78 is 88.2. The lowest BCUT2D eigenvalue weighted by Gasteiger charge is -2.37. The van der Waals surface area contributed by atoms with E-state index in [0.717, 1.165) is 24.3 Å². The monoisotopic (exact) mass is 641 g/mol. The number of halogens is 6. The van der Waals surface area contributed by atoms with E-state index < -0.39 is 46.2 Å². The Morgan fingerprint density at radius 1 is 1.00 bits per heavy atom. The minimum absolute atomic E-state index is 0.0176. The first-order valence-corrected chi connectivity index (χ1v) is 14.2. The molecule has 0 fully saturated rings. The number of carbonyl (C=O) groups excluding carboxylic acids is 1. The average Bonchev–Trinajstić information content (AvgIpc) is 2.91. The fourth-order valence-corrected chi connectivity index (χ4v) is 4.43. The van der Waals surface area contributed by atoms with E-state index in [1.165, 1.54) is 37.3 Å². The molecule has 1 aromatic heterocycles. The molecule has 0 aliphatic heterocycles. The maximum atomic E-state index is 15.2. The molecule has 2 aromatic carbocycles. The smallest absolute Gasteiger partial charge is 0.417 e. The van der Waals surface area contributed by atoms with Gasteiger partial charge in [0.2, 0.25) is 0 Å². The molecule has 13 heteroatoms. The van der Waals surface area contributed by atoms with Gasteiger partial charge in [0.1, 0.15) is 23.2 Å². The Bertz CT molecular complexity index is 1480. The number of benzene rings is 2. The third-order valence-corrected chi connectivity index (χ3v) is 7.95. The summed E-state index contributed by atoms with van der Waals surface area (Å²) in [4.78, 5) is 17.1. The van der Waals surface area contributed by atoms with Crippen molar-refractivity contribution in [3.05, 3.63) is 113 Å². The van der Waals surface area contributed by atoms with Gasteiger partial charge < -0.3 is 10.1 Å². The number of hydrogen-bond donors (Lipinski definition) is 2. The maximum Gasteiger partial charge on any atom is 0.417 e. The van der Waals surface area contributed by atoms with E-state index in [2.05, 4.69) is 24.9 Å². The Morgan fingerprint density at radius 2 is 1.65 bits per heavy atom. The Hall–Kier alpha value is -3.42. The summed E-state index contributed by atoms with van der Waals surface area (Å²) in [6.07, 6.45) is 1.28. The molecule has 3 aromatic rings. The van der Waals surface area contributed by atoms with Crippen LogP contribution in [0.2, 0.25) is 0 Å². The molecule has 2 N–H and O–H groups in total. The molecule has 5 nitrogen and oxygen atoms in total. The van der Waals surface area contributed by atoms with Gasteiger partial charge in [0.05, 0.1) is 11.1 Å². The van der Waals surface area contributed by atoms with Gasteiger partial charge in [-0.15, -0.1) is 0 Å². The van der Waals surface area contributed by atoms with Gasteiger partial charge in [-0.3, -0.25) is 5.32 Å². The number of nitrogens with zero attached hydrogens (tertiary/aromatic N) is 1. The van der Waals surface area contributed by atoms with Crippen molar-refractivity contribution < 1.29 is 35.9 Å². The van der Waals surface area contributed by atoms with Crippen LogP contribution in [-0.2, 0) is 11.7 Å². The number of allylic oxidation sites excluding steroid dienone is 3. The van der Waals surface area contributed by atoms with Gasteiger partial charge in [-0.1, -0.05) is 48.8 Å². The summed E-state index contributed by atoms with van der Waals surface area (Å²) >= 11 is 0. The van der Waals surface area contributed by atoms with Gasteiger partial charge in [-0.2, -0.15) is 13.2 Å². The topological polar surface area (TPSA) is 63.2 Å². The van der Waals surface area contributed by atoms with Gasteiger partial charge in [-0.25, -0.2) is 22.9 Å². The summed E-state index contributed by atoms with van der Waals surface area (Å²) in [6.45, 7) is 4.99. The van der Waals surface area contributed by atoms with E-state index in [-0.39, 0.29) is 23.6 Å². The molecule has 0 radical (unpaired) electrons. The van der Waals surface area contributed by atoms with Crippen LogP contribution < -0.4 is 15.4 Å². The molecule has 230 valence electrons. The van der Waals surface area contributed by atoms with E-state index in [1.807, 2.05) is 9.24 Å². The van der Waals surface area contributed by atoms with Crippen LogP contribution in [0.25, 0.3) is 0 Å². The second kappa shape index (κ2) is 13.9. The van der Waals surface area contributed by atoms with Crippen LogP contribution in [0.1, 0.15) is 43.9 Å². The first-order chi connectivity index (χ1) is 20.1. The molecule has 1 heterocycles. The fourth-order valence-electron chi connectivity index (χ4n) is 4.23. The minimum Gasteiger partial charge on any atom is -0.480 e. The summed E-state index contributed by atoms with van der Waals surface area (Å²) in [7, 11) is 4.19. The first kappa shape index (κ1) is 34.1. The van der Waals surface area contributed by atoms with E-state index in [9.17, 15) is 26.7 Å². The SMILES string of the molecule is C/C=C\C(=C/C)C[C@@](NC(=O)Nc1ccc(C(F)(F)F)cn1)(c1ccc(F)cc1)c1cc(F)cc(OC(C)(P)C(F)P)c1. The molecule has 0 bridgehead atoms. The fraction of sp³-hybridized carbons (Fsp3) is 0.267. The van der Waals surface area contributed by atoms with Crippen molar-refractivity contribution in [1.82, 2.24) is 10.3 Å². The van der Waals surface area contributed by atoms with Crippen LogP contribution in [0.15, 0.2) is 84.6 Å². The van der Waals surface area contributed by atoms with Crippen molar-refractivity contribution >= 4 is 30.3 Å². The zero-order valence-electron chi connectivity index (χ0n) is 23.5. The van der Waals surface area contributed by atoms with E-state index in [4.69, 9.17) is 4.74 Å². The second-order valence-electron chi connectivity index (χ2n) is 9.82. The summed E-state index contributed by atoms with van der Waals surface area (Å²) in [5.41, 5.74) is -1.41. The lowest BCUT2D eigenvalue weighted by Crippen LogP contribution is -2.49. The average molecular weight is 642 g/mol. The standard InChI is InChI=1S/C30H31F6N3O2P2/c1-4-6-18(5-2)16-29(19-7-10-22(31)11-8-19,21-13-23(32)15-24(14-21)41-28(3,43)26(33)42)39-27(40)38-25-12-9-20(17-37-25)30(34,35)36/h4-15,17,26H,16,42-43H2,1-3H3,(H2,37,38,39,40)/b6-4-,18-5+/t26?,28?,29-/m1/s1. The maximum absolute atomic E-state index is 15.2. The number of rotatable bonds is 10. The number of ether oxygens (including phenoxy) is 1. The number of carbonyl (C=O) groups is 1. The highest BCUT2D eigenvalue weighted by Crippen LogP contribution is 2.40. The molecule has 0 aliphatic carbocycles. The Balaban J connectivity index is 2.19. The molecular weight excluding hydrogens is 610 g/mol. The van der Waals surface area contributed by atoms with E-state index in [0.29, 0.717) is 17.3 Å². The zero-order chi connectivity index (χ0) is 32.0. The van der Waals surface area contributed by atoms with Crippen molar-refractivity contribution in [3.63, 3.8) is 0 Å². The number of hydrogen-bond acceptors (Lipinski definition) is 3. The molecule has 2 amide bonds. The minimum atomic E-state index is -4.62. The molecule has 0 aliphatic rings. The molecule has 0 spiro atoms. The summed E-state index contributed by atoms with van der Waals surface area (Å²) in [5.74, 6) is -3.11. The number of urea groups is 1. The Kier molecular flexibility index (Phi) is 11.0. The van der Waals surface area contributed by atoms with Crippen molar-refractivity contribution in [2.45, 2.75) is 50.2 Å². The highest BCUT2D eigenvalue weighted by atomic mass is 31.0. The van der Waals surface area contributed by atoms with Crippen LogP contribution >= 0.6 is 18.5 Å². The van der Waals surface area contributed by atoms with E-state index >= 15 is 4.39 Å². The van der Waals surface area contributed by atoms with Crippen molar-refractivity contribution in [2.75, 3.05) is 5.32 Å². The van der Waals surface area contributed by atoms with Crippen molar-refractivity contribution in [1.29, 1.82) is 0 Å². The van der Waals surface area contributed by atoms with E-state index in [1.54, 1.807) is 32.1 Å². The Morgan fingerprint density at radius 3 is 2.19 bits per heavy atom. The summed E-state index contributed by atoms with van der Waals surface area (Å²) in [5, 5.41) is 3.78. The third-order valence-electron chi connectivity index (χ3n) is 6.47. The van der Waals surface area contributed by atoms with Gasteiger partial charge >= 0.3 is 12.2 Å². The first-order valence-electron chi connectivity index (χ1n) is 12.9. The van der Waals surface area contributed by atoms with Gasteiger partial charge in [-0.05, 0) is 73.9 Å². The number of pyridine rings is 1. The third kappa shape index (κ3) is 8.80. The largest absolute Gasteiger partial charge is 0.480 e. The highest BCUT2D eigenvalue weighted by molar-refractivity contribution is 7.23. The van der Waals surface area contributed by atoms with Crippen LogP contribution in [0.4, 0.5) is 37.0 Å². The highest BCUT2D eigenvalue weighted by Gasteiger charge is 2.39. The number of alkyl halides is 4. The lowest BCUT2D eigenvalue weighted by molar-refractivity contribution is -0.137. The molecule has 43 heavy (non-hydrogen) atoms. The molecule has 4 unspecified atom stereocenters. The zero-order valence-corrected chi connectivity index (χ0v) is 25.8. The predicted molar refractivity (Wildman–Crippen MR) is 162 cm³/mol. The van der Waals surface area contributed by atoms with Gasteiger partial charge in [0.25, 0.3) is 0 Å². The molecular formula is C30H31F6N3O2P2. The van der Waals surface area contributed by atoms with Crippen LogP contribution in [0, 0.1) is 11.6 Å². The van der Waals surface area contributed by atoms with Crippen molar-refractivity contribution in [2.24, 2.45) is 0 Å².